The number of hydrogen-bond donors (Lipinski definition) is 2. The zero-order valence-corrected chi connectivity index (χ0v) is 10.6. The van der Waals surface area contributed by atoms with E-state index in [1.54, 1.807) is 0 Å². The van der Waals surface area contributed by atoms with Crippen LogP contribution in [0.1, 0.15) is 23.2 Å². The number of aromatic carboxylic acids is 1. The number of hydrogen-bond acceptors (Lipinski definition) is 3. The lowest BCUT2D eigenvalue weighted by molar-refractivity contribution is 0.0656. The average Bonchev–Trinajstić information content (AvgIpc) is 2.38. The molecule has 1 unspecified atom stereocenters. The van der Waals surface area contributed by atoms with Crippen LogP contribution in [0.25, 0.3) is 0 Å². The van der Waals surface area contributed by atoms with Gasteiger partial charge < -0.3 is 19.8 Å². The molecule has 2 rings (SSSR count). The van der Waals surface area contributed by atoms with E-state index in [9.17, 15) is 14.0 Å². The monoisotopic (exact) mass is 283 g/mol. The molecule has 1 atom stereocenters. The van der Waals surface area contributed by atoms with Gasteiger partial charge >= 0.3 is 12.1 Å². The fourth-order valence-corrected chi connectivity index (χ4v) is 2.16. The zero-order valence-electron chi connectivity index (χ0n) is 10.6. The highest BCUT2D eigenvalue weighted by atomic mass is 19.1. The molecule has 1 amide bonds. The van der Waals surface area contributed by atoms with Gasteiger partial charge in [0.1, 0.15) is 23.2 Å². The number of amides is 1. The van der Waals surface area contributed by atoms with Crippen LogP contribution in [-0.4, -0.2) is 46.4 Å². The highest BCUT2D eigenvalue weighted by Crippen LogP contribution is 2.24. The van der Waals surface area contributed by atoms with Gasteiger partial charge in [0.2, 0.25) is 0 Å². The largest absolute Gasteiger partial charge is 0.488 e. The van der Waals surface area contributed by atoms with Crippen molar-refractivity contribution in [2.24, 2.45) is 0 Å². The van der Waals surface area contributed by atoms with Crippen molar-refractivity contribution in [3.05, 3.63) is 29.6 Å². The van der Waals surface area contributed by atoms with Gasteiger partial charge in [0, 0.05) is 12.6 Å². The number of carboxylic acid groups (broad SMARTS) is 2. The predicted molar refractivity (Wildman–Crippen MR) is 66.6 cm³/mol. The molecule has 1 aromatic carbocycles. The highest BCUT2D eigenvalue weighted by molar-refractivity contribution is 5.90. The first-order valence-electron chi connectivity index (χ1n) is 6.14. The van der Waals surface area contributed by atoms with Crippen molar-refractivity contribution < 1.29 is 28.9 Å². The highest BCUT2D eigenvalue weighted by Gasteiger charge is 2.26. The Morgan fingerprint density at radius 2 is 2.10 bits per heavy atom. The maximum absolute atomic E-state index is 13.2. The molecule has 2 N–H and O–H groups in total. The van der Waals surface area contributed by atoms with Crippen molar-refractivity contribution in [3.63, 3.8) is 0 Å². The van der Waals surface area contributed by atoms with Gasteiger partial charge in [-0.2, -0.15) is 0 Å². The third kappa shape index (κ3) is 3.17. The normalized spacial score (nSPS) is 18.6. The molecule has 0 spiro atoms. The second-order valence-electron chi connectivity index (χ2n) is 4.56. The Kier molecular flexibility index (Phi) is 4.07. The van der Waals surface area contributed by atoms with E-state index in [1.807, 2.05) is 0 Å². The van der Waals surface area contributed by atoms with Gasteiger partial charge in [-0.15, -0.1) is 0 Å². The molecular formula is C13H14FNO5. The SMILES string of the molecule is O=C(O)c1ccc(F)cc1OC1CCCN(C(=O)O)C1. The molecule has 1 saturated heterocycles. The van der Waals surface area contributed by atoms with Crippen LogP contribution in [0.5, 0.6) is 5.75 Å². The number of likely N-dealkylation sites (tertiary alicyclic amines) is 1. The molecule has 1 heterocycles. The lowest BCUT2D eigenvalue weighted by atomic mass is 10.1. The first-order chi connectivity index (χ1) is 9.47. The third-order valence-electron chi connectivity index (χ3n) is 3.12. The summed E-state index contributed by atoms with van der Waals surface area (Å²) in [5, 5.41) is 17.9. The Balaban J connectivity index is 2.15. The van der Waals surface area contributed by atoms with Crippen molar-refractivity contribution in [1.29, 1.82) is 0 Å². The zero-order chi connectivity index (χ0) is 14.7. The summed E-state index contributed by atoms with van der Waals surface area (Å²) < 4.78 is 18.7. The van der Waals surface area contributed by atoms with E-state index in [4.69, 9.17) is 14.9 Å². The summed E-state index contributed by atoms with van der Waals surface area (Å²) >= 11 is 0. The second-order valence-corrected chi connectivity index (χ2v) is 4.56. The van der Waals surface area contributed by atoms with Crippen LogP contribution < -0.4 is 4.74 Å². The van der Waals surface area contributed by atoms with E-state index < -0.39 is 24.0 Å². The summed E-state index contributed by atoms with van der Waals surface area (Å²) in [5.74, 6) is -1.89. The standard InChI is InChI=1S/C13H14FNO5/c14-8-3-4-10(12(16)17)11(6-8)20-9-2-1-5-15(7-9)13(18)19/h3-4,6,9H,1-2,5,7H2,(H,16,17)(H,18,19). The van der Waals surface area contributed by atoms with Crippen molar-refractivity contribution in [2.75, 3.05) is 13.1 Å². The number of ether oxygens (including phenoxy) is 1. The van der Waals surface area contributed by atoms with Crippen LogP contribution in [0.15, 0.2) is 18.2 Å². The lowest BCUT2D eigenvalue weighted by Crippen LogP contribution is -2.43. The van der Waals surface area contributed by atoms with Crippen molar-refractivity contribution in [3.8, 4) is 5.75 Å². The van der Waals surface area contributed by atoms with E-state index in [0.29, 0.717) is 19.4 Å². The number of benzene rings is 1. The van der Waals surface area contributed by atoms with Crippen LogP contribution in [0, 0.1) is 5.82 Å². The smallest absolute Gasteiger partial charge is 0.407 e. The molecule has 0 aliphatic carbocycles. The molecule has 0 bridgehead atoms. The van der Waals surface area contributed by atoms with Crippen molar-refractivity contribution >= 4 is 12.1 Å². The van der Waals surface area contributed by atoms with Crippen molar-refractivity contribution in [1.82, 2.24) is 4.90 Å². The minimum absolute atomic E-state index is 0.0743. The summed E-state index contributed by atoms with van der Waals surface area (Å²) in [7, 11) is 0. The van der Waals surface area contributed by atoms with E-state index >= 15 is 0 Å². The van der Waals surface area contributed by atoms with Crippen LogP contribution in [-0.2, 0) is 0 Å². The van der Waals surface area contributed by atoms with Crippen LogP contribution >= 0.6 is 0 Å². The van der Waals surface area contributed by atoms with Crippen molar-refractivity contribution in [2.45, 2.75) is 18.9 Å². The van der Waals surface area contributed by atoms with Gasteiger partial charge in [0.15, 0.2) is 0 Å². The minimum atomic E-state index is -1.22. The van der Waals surface area contributed by atoms with Gasteiger partial charge in [0.05, 0.1) is 6.54 Å². The number of halogens is 1. The summed E-state index contributed by atoms with van der Waals surface area (Å²) in [4.78, 5) is 23.1. The van der Waals surface area contributed by atoms with Gasteiger partial charge in [0.25, 0.3) is 0 Å². The molecule has 0 saturated carbocycles. The fourth-order valence-electron chi connectivity index (χ4n) is 2.16. The number of piperidine rings is 1. The quantitative estimate of drug-likeness (QED) is 0.886. The number of nitrogens with zero attached hydrogens (tertiary/aromatic N) is 1. The average molecular weight is 283 g/mol. The van der Waals surface area contributed by atoms with Gasteiger partial charge in [-0.05, 0) is 25.0 Å². The minimum Gasteiger partial charge on any atom is -0.488 e. The molecule has 1 aliphatic heterocycles. The van der Waals surface area contributed by atoms with E-state index in [2.05, 4.69) is 0 Å². The third-order valence-corrected chi connectivity index (χ3v) is 3.12. The Hall–Kier alpha value is -2.31. The summed E-state index contributed by atoms with van der Waals surface area (Å²) in [6, 6.07) is 3.18. The summed E-state index contributed by atoms with van der Waals surface area (Å²) in [5.41, 5.74) is -0.140. The van der Waals surface area contributed by atoms with E-state index in [-0.39, 0.29) is 17.9 Å². The number of carbonyl (C=O) groups is 2. The molecule has 0 aromatic heterocycles. The molecule has 0 radical (unpaired) electrons. The van der Waals surface area contributed by atoms with E-state index in [1.165, 1.54) is 4.90 Å². The Bertz CT molecular complexity index is 533. The van der Waals surface area contributed by atoms with E-state index in [0.717, 1.165) is 18.2 Å². The molecule has 1 fully saturated rings. The molecule has 108 valence electrons. The predicted octanol–water partition coefficient (Wildman–Crippen LogP) is 2.05. The van der Waals surface area contributed by atoms with Crippen LogP contribution in [0.2, 0.25) is 0 Å². The van der Waals surface area contributed by atoms with Gasteiger partial charge in [-0.1, -0.05) is 0 Å². The first-order valence-corrected chi connectivity index (χ1v) is 6.14. The topological polar surface area (TPSA) is 87.1 Å². The Morgan fingerprint density at radius 3 is 2.75 bits per heavy atom. The Morgan fingerprint density at radius 1 is 1.35 bits per heavy atom. The maximum Gasteiger partial charge on any atom is 0.407 e. The van der Waals surface area contributed by atoms with Crippen LogP contribution in [0.4, 0.5) is 9.18 Å². The number of carboxylic acids is 1. The molecular weight excluding hydrogens is 269 g/mol. The summed E-state index contributed by atoms with van der Waals surface area (Å²) in [6.45, 7) is 0.565. The lowest BCUT2D eigenvalue weighted by Gasteiger charge is -2.31. The maximum atomic E-state index is 13.2. The molecule has 20 heavy (non-hydrogen) atoms. The van der Waals surface area contributed by atoms with Gasteiger partial charge in [-0.3, -0.25) is 0 Å². The molecule has 1 aliphatic rings. The second kappa shape index (κ2) is 5.77. The number of rotatable bonds is 3. The van der Waals surface area contributed by atoms with Gasteiger partial charge in [-0.25, -0.2) is 14.0 Å². The molecule has 7 heteroatoms. The first kappa shape index (κ1) is 14.1. The van der Waals surface area contributed by atoms with Crippen LogP contribution in [0.3, 0.4) is 0 Å². The summed E-state index contributed by atoms with van der Waals surface area (Å²) in [6.07, 6.45) is -0.302. The molecule has 6 nitrogen and oxygen atoms in total. The molecule has 1 aromatic rings. The fraction of sp³-hybridized carbons (Fsp3) is 0.385. The Labute approximate surface area is 114 Å².